The van der Waals surface area contributed by atoms with Gasteiger partial charge in [0.1, 0.15) is 0 Å². The summed E-state index contributed by atoms with van der Waals surface area (Å²) in [6.07, 6.45) is 1.74. The average molecular weight is 292 g/mol. The molecule has 0 saturated carbocycles. The van der Waals surface area contributed by atoms with Crippen molar-refractivity contribution in [1.29, 1.82) is 0 Å². The van der Waals surface area contributed by atoms with Crippen LogP contribution in [0.4, 0.5) is 4.79 Å². The van der Waals surface area contributed by atoms with Gasteiger partial charge in [-0.1, -0.05) is 30.3 Å². The van der Waals surface area contributed by atoms with Crippen molar-refractivity contribution in [2.24, 2.45) is 0 Å². The normalized spacial score (nSPS) is 11.7. The van der Waals surface area contributed by atoms with E-state index in [0.717, 1.165) is 12.8 Å². The Morgan fingerprint density at radius 2 is 1.95 bits per heavy atom. The van der Waals surface area contributed by atoms with Crippen molar-refractivity contribution in [3.05, 3.63) is 35.9 Å². The minimum atomic E-state index is -0.891. The summed E-state index contributed by atoms with van der Waals surface area (Å²) < 4.78 is 0. The van der Waals surface area contributed by atoms with Crippen LogP contribution in [0.1, 0.15) is 32.3 Å². The Hall–Kier alpha value is -2.04. The molecule has 1 rings (SSSR count). The standard InChI is InChI=1S/C16H24N2O3/c1-3-18(13(2)12-15(19)20)16(21)17-11-7-10-14-8-5-4-6-9-14/h4-6,8-9,13H,3,7,10-12H2,1-2H3,(H,17,21)(H,19,20). The van der Waals surface area contributed by atoms with Crippen LogP contribution in [0.15, 0.2) is 30.3 Å². The molecule has 2 N–H and O–H groups in total. The highest BCUT2D eigenvalue weighted by Gasteiger charge is 2.20. The van der Waals surface area contributed by atoms with Crippen LogP contribution >= 0.6 is 0 Å². The fraction of sp³-hybridized carbons (Fsp3) is 0.500. The summed E-state index contributed by atoms with van der Waals surface area (Å²) in [5.41, 5.74) is 1.25. The van der Waals surface area contributed by atoms with Crippen LogP contribution in [0, 0.1) is 0 Å². The van der Waals surface area contributed by atoms with Crippen molar-refractivity contribution < 1.29 is 14.7 Å². The predicted molar refractivity (Wildman–Crippen MR) is 82.3 cm³/mol. The largest absolute Gasteiger partial charge is 0.481 e. The molecule has 0 aromatic heterocycles. The van der Waals surface area contributed by atoms with E-state index in [1.807, 2.05) is 25.1 Å². The monoisotopic (exact) mass is 292 g/mol. The number of carbonyl (C=O) groups is 2. The first-order valence-corrected chi connectivity index (χ1v) is 7.34. The maximum absolute atomic E-state index is 12.0. The van der Waals surface area contributed by atoms with Gasteiger partial charge < -0.3 is 15.3 Å². The lowest BCUT2D eigenvalue weighted by atomic mass is 10.1. The number of amides is 2. The number of hydrogen-bond acceptors (Lipinski definition) is 2. The van der Waals surface area contributed by atoms with Crippen molar-refractivity contribution in [3.63, 3.8) is 0 Å². The minimum Gasteiger partial charge on any atom is -0.481 e. The number of rotatable bonds is 8. The van der Waals surface area contributed by atoms with Gasteiger partial charge in [-0.3, -0.25) is 4.79 Å². The molecule has 0 radical (unpaired) electrons. The number of benzene rings is 1. The minimum absolute atomic E-state index is 0.0364. The van der Waals surface area contributed by atoms with Crippen LogP contribution in [-0.4, -0.2) is 41.1 Å². The zero-order valence-electron chi connectivity index (χ0n) is 12.7. The highest BCUT2D eigenvalue weighted by molar-refractivity contribution is 5.75. The third-order valence-corrected chi connectivity index (χ3v) is 3.36. The number of nitrogens with zero attached hydrogens (tertiary/aromatic N) is 1. The lowest BCUT2D eigenvalue weighted by Gasteiger charge is -2.27. The second kappa shape index (κ2) is 9.00. The van der Waals surface area contributed by atoms with E-state index in [-0.39, 0.29) is 18.5 Å². The van der Waals surface area contributed by atoms with Crippen molar-refractivity contribution in [3.8, 4) is 0 Å². The molecule has 5 heteroatoms. The molecule has 1 aromatic carbocycles. The lowest BCUT2D eigenvalue weighted by molar-refractivity contribution is -0.138. The SMILES string of the molecule is CCN(C(=O)NCCCc1ccccc1)C(C)CC(=O)O. The van der Waals surface area contributed by atoms with Gasteiger partial charge in [0.2, 0.25) is 0 Å². The molecule has 0 aliphatic heterocycles. The maximum atomic E-state index is 12.0. The molecule has 116 valence electrons. The Kier molecular flexibility index (Phi) is 7.29. The Morgan fingerprint density at radius 3 is 2.52 bits per heavy atom. The van der Waals surface area contributed by atoms with Crippen LogP contribution in [0.5, 0.6) is 0 Å². The van der Waals surface area contributed by atoms with Crippen molar-refractivity contribution in [2.75, 3.05) is 13.1 Å². The number of carboxylic acid groups (broad SMARTS) is 1. The molecule has 1 atom stereocenters. The number of hydrogen-bond donors (Lipinski definition) is 2. The van der Waals surface area contributed by atoms with E-state index in [0.29, 0.717) is 13.1 Å². The second-order valence-electron chi connectivity index (χ2n) is 5.05. The number of aryl methyl sites for hydroxylation is 1. The second-order valence-corrected chi connectivity index (χ2v) is 5.05. The highest BCUT2D eigenvalue weighted by Crippen LogP contribution is 2.05. The smallest absolute Gasteiger partial charge is 0.317 e. The molecule has 0 fully saturated rings. The number of nitrogens with one attached hydrogen (secondary N) is 1. The molecular formula is C16H24N2O3. The van der Waals surface area contributed by atoms with E-state index in [1.54, 1.807) is 11.8 Å². The lowest BCUT2D eigenvalue weighted by Crippen LogP contribution is -2.45. The molecule has 1 aromatic rings. The van der Waals surface area contributed by atoms with E-state index in [9.17, 15) is 9.59 Å². The number of carboxylic acids is 1. The van der Waals surface area contributed by atoms with Gasteiger partial charge in [-0.25, -0.2) is 4.79 Å². The van der Waals surface area contributed by atoms with Crippen molar-refractivity contribution in [2.45, 2.75) is 39.2 Å². The van der Waals surface area contributed by atoms with Gasteiger partial charge >= 0.3 is 12.0 Å². The summed E-state index contributed by atoms with van der Waals surface area (Å²) in [5.74, 6) is -0.891. The van der Waals surface area contributed by atoms with Crippen LogP contribution in [0.25, 0.3) is 0 Å². The van der Waals surface area contributed by atoms with Crippen molar-refractivity contribution >= 4 is 12.0 Å². The summed E-state index contributed by atoms with van der Waals surface area (Å²) >= 11 is 0. The van der Waals surface area contributed by atoms with Crippen molar-refractivity contribution in [1.82, 2.24) is 10.2 Å². The van der Waals surface area contributed by atoms with Crippen LogP contribution in [-0.2, 0) is 11.2 Å². The zero-order valence-corrected chi connectivity index (χ0v) is 12.7. The summed E-state index contributed by atoms with van der Waals surface area (Å²) in [5, 5.41) is 11.6. The molecule has 0 bridgehead atoms. The Balaban J connectivity index is 2.32. The Labute approximate surface area is 126 Å². The molecule has 0 heterocycles. The molecule has 0 spiro atoms. The van der Waals surface area contributed by atoms with E-state index in [4.69, 9.17) is 5.11 Å². The zero-order chi connectivity index (χ0) is 15.7. The molecule has 0 saturated heterocycles. The van der Waals surface area contributed by atoms with Crippen LogP contribution in [0.3, 0.4) is 0 Å². The molecular weight excluding hydrogens is 268 g/mol. The average Bonchev–Trinajstić information content (AvgIpc) is 2.44. The first-order valence-electron chi connectivity index (χ1n) is 7.34. The van der Waals surface area contributed by atoms with Crippen LogP contribution in [0.2, 0.25) is 0 Å². The molecule has 1 unspecified atom stereocenters. The number of carbonyl (C=O) groups excluding carboxylic acids is 1. The quantitative estimate of drug-likeness (QED) is 0.723. The van der Waals surface area contributed by atoms with E-state index in [2.05, 4.69) is 17.4 Å². The Morgan fingerprint density at radius 1 is 1.29 bits per heavy atom. The predicted octanol–water partition coefficient (Wildman–Crippen LogP) is 2.51. The topological polar surface area (TPSA) is 69.6 Å². The molecule has 0 aliphatic carbocycles. The van der Waals surface area contributed by atoms with Gasteiger partial charge in [0.25, 0.3) is 0 Å². The third-order valence-electron chi connectivity index (χ3n) is 3.36. The van der Waals surface area contributed by atoms with E-state index >= 15 is 0 Å². The first-order chi connectivity index (χ1) is 10.0. The summed E-state index contributed by atoms with van der Waals surface area (Å²) in [6, 6.07) is 9.61. The fourth-order valence-corrected chi connectivity index (χ4v) is 2.25. The van der Waals surface area contributed by atoms with E-state index in [1.165, 1.54) is 5.56 Å². The Bertz CT molecular complexity index is 448. The number of urea groups is 1. The fourth-order valence-electron chi connectivity index (χ4n) is 2.25. The summed E-state index contributed by atoms with van der Waals surface area (Å²) in [6.45, 7) is 4.69. The third kappa shape index (κ3) is 6.29. The first kappa shape index (κ1) is 17.0. The van der Waals surface area contributed by atoms with Gasteiger partial charge in [-0.05, 0) is 32.3 Å². The molecule has 0 aliphatic rings. The van der Waals surface area contributed by atoms with Gasteiger partial charge in [-0.15, -0.1) is 0 Å². The van der Waals surface area contributed by atoms with Gasteiger partial charge in [-0.2, -0.15) is 0 Å². The van der Waals surface area contributed by atoms with Gasteiger partial charge in [0, 0.05) is 19.1 Å². The van der Waals surface area contributed by atoms with E-state index < -0.39 is 5.97 Å². The summed E-state index contributed by atoms with van der Waals surface area (Å²) in [4.78, 5) is 24.3. The molecule has 2 amide bonds. The van der Waals surface area contributed by atoms with Gasteiger partial charge in [0.15, 0.2) is 0 Å². The highest BCUT2D eigenvalue weighted by atomic mass is 16.4. The van der Waals surface area contributed by atoms with Gasteiger partial charge in [0.05, 0.1) is 6.42 Å². The molecule has 21 heavy (non-hydrogen) atoms. The number of aliphatic carboxylic acids is 1. The molecule has 5 nitrogen and oxygen atoms in total. The summed E-state index contributed by atoms with van der Waals surface area (Å²) in [7, 11) is 0. The maximum Gasteiger partial charge on any atom is 0.317 e. The van der Waals surface area contributed by atoms with Crippen LogP contribution < -0.4 is 5.32 Å².